The number of rotatable bonds is 3. The highest BCUT2D eigenvalue weighted by atomic mass is 35.5. The summed E-state index contributed by atoms with van der Waals surface area (Å²) in [6.07, 6.45) is 4.13. The molecule has 3 nitrogen and oxygen atoms in total. The van der Waals surface area contributed by atoms with Crippen molar-refractivity contribution in [2.45, 2.75) is 32.7 Å². The fourth-order valence-corrected chi connectivity index (χ4v) is 4.41. The zero-order valence-electron chi connectivity index (χ0n) is 12.9. The van der Waals surface area contributed by atoms with Gasteiger partial charge in [-0.15, -0.1) is 23.7 Å². The molecule has 3 heterocycles. The van der Waals surface area contributed by atoms with Crippen LogP contribution in [0.2, 0.25) is 0 Å². The maximum absolute atomic E-state index is 4.74. The van der Waals surface area contributed by atoms with Gasteiger partial charge in [-0.05, 0) is 38.9 Å². The average molecular weight is 336 g/mol. The van der Waals surface area contributed by atoms with E-state index in [2.05, 4.69) is 40.7 Å². The average Bonchev–Trinajstić information content (AvgIpc) is 3.02. The van der Waals surface area contributed by atoms with Gasteiger partial charge in [-0.2, -0.15) is 0 Å². The second-order valence-corrected chi connectivity index (χ2v) is 7.14. The van der Waals surface area contributed by atoms with Crippen LogP contribution in [0.1, 0.15) is 24.3 Å². The third-order valence-electron chi connectivity index (χ3n) is 4.50. The van der Waals surface area contributed by atoms with Gasteiger partial charge >= 0.3 is 0 Å². The summed E-state index contributed by atoms with van der Waals surface area (Å²) < 4.78 is 2.48. The van der Waals surface area contributed by atoms with Crippen molar-refractivity contribution < 1.29 is 0 Å². The number of nitrogens with zero attached hydrogens (tertiary/aromatic N) is 3. The van der Waals surface area contributed by atoms with Gasteiger partial charge in [0.2, 0.25) is 0 Å². The molecule has 1 aliphatic heterocycles. The Morgan fingerprint density at radius 2 is 1.86 bits per heavy atom. The summed E-state index contributed by atoms with van der Waals surface area (Å²) in [4.78, 5) is 8.69. The van der Waals surface area contributed by atoms with Gasteiger partial charge in [0.15, 0.2) is 0 Å². The molecule has 0 atom stereocenters. The number of aryl methyl sites for hydroxylation is 1. The number of thiazole rings is 1. The third-order valence-corrected chi connectivity index (χ3v) is 5.49. The minimum Gasteiger partial charge on any atom is -0.330 e. The van der Waals surface area contributed by atoms with Crippen LogP contribution in [0.3, 0.4) is 0 Å². The lowest BCUT2D eigenvalue weighted by atomic mass is 10.1. The molecular weight excluding hydrogens is 314 g/mol. The van der Waals surface area contributed by atoms with Crippen molar-refractivity contribution in [2.75, 3.05) is 19.6 Å². The summed E-state index contributed by atoms with van der Waals surface area (Å²) in [5.41, 5.74) is 2.52. The van der Waals surface area contributed by atoms with Crippen LogP contribution in [-0.2, 0) is 6.54 Å². The van der Waals surface area contributed by atoms with Gasteiger partial charge in [0, 0.05) is 18.5 Å². The fraction of sp³-hybridized carbons (Fsp3) is 0.471. The zero-order valence-corrected chi connectivity index (χ0v) is 14.6. The minimum atomic E-state index is 0. The van der Waals surface area contributed by atoms with E-state index >= 15 is 0 Å². The van der Waals surface area contributed by atoms with E-state index in [0.717, 1.165) is 18.1 Å². The second kappa shape index (κ2) is 6.57. The predicted octanol–water partition coefficient (Wildman–Crippen LogP) is 4.47. The quantitative estimate of drug-likeness (QED) is 0.704. The van der Waals surface area contributed by atoms with Crippen LogP contribution in [0.15, 0.2) is 24.3 Å². The molecule has 3 aromatic rings. The number of hydrogen-bond acceptors (Lipinski definition) is 3. The highest BCUT2D eigenvalue weighted by molar-refractivity contribution is 7.18. The lowest BCUT2D eigenvalue weighted by Gasteiger charge is -2.26. The van der Waals surface area contributed by atoms with Gasteiger partial charge in [-0.3, -0.25) is 0 Å². The van der Waals surface area contributed by atoms with Crippen molar-refractivity contribution >= 4 is 45.0 Å². The van der Waals surface area contributed by atoms with E-state index in [1.54, 1.807) is 0 Å². The number of halogens is 1. The largest absolute Gasteiger partial charge is 0.330 e. The molecule has 0 unspecified atom stereocenters. The normalized spacial score (nSPS) is 16.2. The van der Waals surface area contributed by atoms with Gasteiger partial charge in [0.05, 0.1) is 10.5 Å². The zero-order chi connectivity index (χ0) is 14.2. The second-order valence-electron chi connectivity index (χ2n) is 5.96. The SMILES string of the molecule is Cc1nc2c3ccccc3n(CCN3CCCCC3)c2s1.Cl. The van der Waals surface area contributed by atoms with E-state index in [1.165, 1.54) is 53.6 Å². The van der Waals surface area contributed by atoms with Crippen LogP contribution >= 0.6 is 23.7 Å². The fourth-order valence-electron chi connectivity index (χ4n) is 3.44. The van der Waals surface area contributed by atoms with Crippen molar-refractivity contribution in [3.8, 4) is 0 Å². The van der Waals surface area contributed by atoms with Crippen molar-refractivity contribution in [1.82, 2.24) is 14.5 Å². The summed E-state index contributed by atoms with van der Waals surface area (Å²) in [5.74, 6) is 0. The molecule has 1 aromatic carbocycles. The molecule has 0 aliphatic carbocycles. The number of piperidine rings is 1. The van der Waals surface area contributed by atoms with Crippen molar-refractivity contribution in [2.24, 2.45) is 0 Å². The Labute approximate surface area is 141 Å². The number of likely N-dealkylation sites (tertiary alicyclic amines) is 1. The molecule has 22 heavy (non-hydrogen) atoms. The molecule has 118 valence electrons. The molecule has 0 N–H and O–H groups in total. The summed E-state index contributed by atoms with van der Waals surface area (Å²) in [7, 11) is 0. The Morgan fingerprint density at radius 3 is 2.68 bits per heavy atom. The first kappa shape index (κ1) is 15.8. The molecule has 1 fully saturated rings. The molecular formula is C17H22ClN3S. The van der Waals surface area contributed by atoms with Crippen LogP contribution in [0.4, 0.5) is 0 Å². The van der Waals surface area contributed by atoms with E-state index in [1.807, 2.05) is 11.3 Å². The molecule has 0 radical (unpaired) electrons. The Balaban J connectivity index is 0.00000144. The summed E-state index contributed by atoms with van der Waals surface area (Å²) in [6.45, 7) is 6.87. The third kappa shape index (κ3) is 2.75. The molecule has 1 saturated heterocycles. The van der Waals surface area contributed by atoms with E-state index in [9.17, 15) is 0 Å². The van der Waals surface area contributed by atoms with Crippen LogP contribution in [0.25, 0.3) is 21.3 Å². The highest BCUT2D eigenvalue weighted by Crippen LogP contribution is 2.32. The van der Waals surface area contributed by atoms with Crippen LogP contribution in [0.5, 0.6) is 0 Å². The first-order valence-corrected chi connectivity index (χ1v) is 8.71. The number of hydrogen-bond donors (Lipinski definition) is 0. The van der Waals surface area contributed by atoms with Gasteiger partial charge in [0.1, 0.15) is 10.3 Å². The minimum absolute atomic E-state index is 0. The van der Waals surface area contributed by atoms with Gasteiger partial charge in [-0.1, -0.05) is 24.6 Å². The summed E-state index contributed by atoms with van der Waals surface area (Å²) in [6, 6.07) is 8.69. The van der Waals surface area contributed by atoms with E-state index < -0.39 is 0 Å². The Kier molecular flexibility index (Phi) is 4.71. The Hall–Kier alpha value is -1.10. The van der Waals surface area contributed by atoms with Gasteiger partial charge in [0.25, 0.3) is 0 Å². The van der Waals surface area contributed by atoms with Gasteiger partial charge < -0.3 is 9.47 Å². The molecule has 1 aliphatic rings. The molecule has 5 heteroatoms. The molecule has 0 amide bonds. The summed E-state index contributed by atoms with van der Waals surface area (Å²) in [5, 5.41) is 2.47. The number of fused-ring (bicyclic) bond motifs is 3. The Bertz CT molecular complexity index is 771. The molecule has 0 saturated carbocycles. The maximum Gasteiger partial charge on any atom is 0.124 e. The lowest BCUT2D eigenvalue weighted by molar-refractivity contribution is 0.222. The topological polar surface area (TPSA) is 21.1 Å². The van der Waals surface area contributed by atoms with E-state index in [0.29, 0.717) is 0 Å². The van der Waals surface area contributed by atoms with Crippen LogP contribution < -0.4 is 0 Å². The number of benzene rings is 1. The first-order chi connectivity index (χ1) is 10.3. The molecule has 4 rings (SSSR count). The predicted molar refractivity (Wildman–Crippen MR) is 97.4 cm³/mol. The molecule has 0 bridgehead atoms. The lowest BCUT2D eigenvalue weighted by Crippen LogP contribution is -2.32. The van der Waals surface area contributed by atoms with E-state index in [-0.39, 0.29) is 12.4 Å². The highest BCUT2D eigenvalue weighted by Gasteiger charge is 2.16. The number of para-hydroxylation sites is 1. The number of aromatic nitrogens is 2. The van der Waals surface area contributed by atoms with Crippen LogP contribution in [-0.4, -0.2) is 34.1 Å². The van der Waals surface area contributed by atoms with Crippen molar-refractivity contribution in [3.63, 3.8) is 0 Å². The monoisotopic (exact) mass is 335 g/mol. The summed E-state index contributed by atoms with van der Waals surface area (Å²) >= 11 is 1.82. The van der Waals surface area contributed by atoms with Crippen molar-refractivity contribution in [3.05, 3.63) is 29.3 Å². The first-order valence-electron chi connectivity index (χ1n) is 7.89. The van der Waals surface area contributed by atoms with Crippen molar-refractivity contribution in [1.29, 1.82) is 0 Å². The smallest absolute Gasteiger partial charge is 0.124 e. The van der Waals surface area contributed by atoms with E-state index in [4.69, 9.17) is 4.98 Å². The maximum atomic E-state index is 4.74. The van der Waals surface area contributed by atoms with Crippen LogP contribution in [0, 0.1) is 6.92 Å². The standard InChI is InChI=1S/C17H21N3S.ClH/c1-13-18-16-14-7-3-4-8-15(14)20(17(16)21-13)12-11-19-9-5-2-6-10-19;/h3-4,7-8H,2,5-6,9-12H2,1H3;1H. The molecule has 0 spiro atoms. The van der Waals surface area contributed by atoms with Gasteiger partial charge in [-0.25, -0.2) is 4.98 Å². The molecule has 2 aromatic heterocycles. The Morgan fingerprint density at radius 1 is 1.09 bits per heavy atom.